The summed E-state index contributed by atoms with van der Waals surface area (Å²) in [4.78, 5) is 2.45. The van der Waals surface area contributed by atoms with E-state index in [2.05, 4.69) is 24.2 Å². The minimum absolute atomic E-state index is 0.0585. The Morgan fingerprint density at radius 1 is 1.26 bits per heavy atom. The van der Waals surface area contributed by atoms with Gasteiger partial charge in [0, 0.05) is 5.54 Å². The minimum Gasteiger partial charge on any atom is -0.296 e. The molecule has 0 amide bonds. The predicted molar refractivity (Wildman–Crippen MR) is 81.4 cm³/mol. The summed E-state index contributed by atoms with van der Waals surface area (Å²) in [7, 11) is 0. The van der Waals surface area contributed by atoms with Gasteiger partial charge in [-0.05, 0) is 51.4 Å². The van der Waals surface area contributed by atoms with Crippen molar-refractivity contribution in [3.8, 4) is 0 Å². The van der Waals surface area contributed by atoms with Crippen LogP contribution in [0.2, 0.25) is 10.0 Å². The second-order valence-corrected chi connectivity index (χ2v) is 6.38. The summed E-state index contributed by atoms with van der Waals surface area (Å²) in [5.41, 5.74) is 3.76. The molecule has 2 rings (SSSR count). The van der Waals surface area contributed by atoms with Crippen molar-refractivity contribution in [3.05, 3.63) is 33.8 Å². The highest BCUT2D eigenvalue weighted by atomic mass is 35.5. The average molecular weight is 302 g/mol. The van der Waals surface area contributed by atoms with E-state index in [1.54, 1.807) is 6.07 Å². The SMILES string of the molecule is CC(C)(C(NN)c1cccc(Cl)c1Cl)N1CCCC1. The standard InChI is InChI=1S/C14H21Cl2N3/c1-14(2,19-8-3-4-9-19)13(18-17)10-6-5-7-11(15)12(10)16/h5-7,13,18H,3-4,8-9,17H2,1-2H3. The van der Waals surface area contributed by atoms with Crippen LogP contribution < -0.4 is 11.3 Å². The molecule has 106 valence electrons. The molecule has 1 fully saturated rings. The van der Waals surface area contributed by atoms with Crippen molar-refractivity contribution in [2.24, 2.45) is 5.84 Å². The summed E-state index contributed by atoms with van der Waals surface area (Å²) in [5.74, 6) is 5.80. The first-order valence-corrected chi connectivity index (χ1v) is 7.39. The quantitative estimate of drug-likeness (QED) is 0.662. The number of hydrogen-bond donors (Lipinski definition) is 2. The molecule has 19 heavy (non-hydrogen) atoms. The van der Waals surface area contributed by atoms with Gasteiger partial charge in [0.2, 0.25) is 0 Å². The number of nitrogens with one attached hydrogen (secondary N) is 1. The van der Waals surface area contributed by atoms with Gasteiger partial charge in [0.25, 0.3) is 0 Å². The zero-order chi connectivity index (χ0) is 14.0. The first-order valence-electron chi connectivity index (χ1n) is 6.63. The lowest BCUT2D eigenvalue weighted by atomic mass is 9.87. The summed E-state index contributed by atoms with van der Waals surface area (Å²) in [6.07, 6.45) is 2.48. The van der Waals surface area contributed by atoms with Gasteiger partial charge >= 0.3 is 0 Å². The number of rotatable bonds is 4. The van der Waals surface area contributed by atoms with Gasteiger partial charge in [-0.1, -0.05) is 35.3 Å². The molecule has 1 aliphatic rings. The number of benzene rings is 1. The molecule has 0 radical (unpaired) electrons. The lowest BCUT2D eigenvalue weighted by Gasteiger charge is -2.42. The van der Waals surface area contributed by atoms with E-state index < -0.39 is 0 Å². The maximum Gasteiger partial charge on any atom is 0.0653 e. The fraction of sp³-hybridized carbons (Fsp3) is 0.571. The Kier molecular flexibility index (Phi) is 4.75. The molecule has 1 aliphatic heterocycles. The number of hydrazine groups is 1. The van der Waals surface area contributed by atoms with E-state index in [1.807, 2.05) is 12.1 Å². The average Bonchev–Trinajstić information content (AvgIpc) is 2.89. The molecule has 0 bridgehead atoms. The van der Waals surface area contributed by atoms with Crippen LogP contribution in [0.1, 0.15) is 38.3 Å². The van der Waals surface area contributed by atoms with Gasteiger partial charge in [-0.25, -0.2) is 0 Å². The third kappa shape index (κ3) is 2.91. The number of likely N-dealkylation sites (tertiary alicyclic amines) is 1. The fourth-order valence-electron chi connectivity index (χ4n) is 2.89. The lowest BCUT2D eigenvalue weighted by molar-refractivity contribution is 0.107. The number of hydrogen-bond acceptors (Lipinski definition) is 3. The van der Waals surface area contributed by atoms with Crippen LogP contribution in [-0.2, 0) is 0 Å². The smallest absolute Gasteiger partial charge is 0.0653 e. The van der Waals surface area contributed by atoms with E-state index in [0.29, 0.717) is 10.0 Å². The zero-order valence-electron chi connectivity index (χ0n) is 11.4. The van der Waals surface area contributed by atoms with Gasteiger partial charge < -0.3 is 0 Å². The summed E-state index contributed by atoms with van der Waals surface area (Å²) in [5, 5.41) is 1.15. The van der Waals surface area contributed by atoms with Crippen LogP contribution in [0, 0.1) is 0 Å². The van der Waals surface area contributed by atoms with Crippen LogP contribution in [0.25, 0.3) is 0 Å². The molecule has 5 heteroatoms. The van der Waals surface area contributed by atoms with Crippen molar-refractivity contribution in [2.45, 2.75) is 38.3 Å². The Hall–Kier alpha value is -0.320. The molecule has 3 N–H and O–H groups in total. The highest BCUT2D eigenvalue weighted by Crippen LogP contribution is 2.38. The van der Waals surface area contributed by atoms with E-state index >= 15 is 0 Å². The maximum atomic E-state index is 6.33. The maximum absolute atomic E-state index is 6.33. The molecule has 1 unspecified atom stereocenters. The van der Waals surface area contributed by atoms with E-state index in [4.69, 9.17) is 29.0 Å². The van der Waals surface area contributed by atoms with Crippen molar-refractivity contribution in [3.63, 3.8) is 0 Å². The first kappa shape index (κ1) is 15.1. The Morgan fingerprint density at radius 2 is 1.89 bits per heavy atom. The molecule has 1 saturated heterocycles. The van der Waals surface area contributed by atoms with Crippen molar-refractivity contribution in [2.75, 3.05) is 13.1 Å². The fourth-order valence-corrected chi connectivity index (χ4v) is 3.31. The van der Waals surface area contributed by atoms with Gasteiger partial charge in [-0.15, -0.1) is 0 Å². The van der Waals surface area contributed by atoms with Gasteiger partial charge in [0.1, 0.15) is 0 Å². The molecule has 1 aromatic carbocycles. The zero-order valence-corrected chi connectivity index (χ0v) is 12.9. The summed E-state index contributed by atoms with van der Waals surface area (Å²) in [6.45, 7) is 6.59. The monoisotopic (exact) mass is 301 g/mol. The molecule has 1 atom stereocenters. The van der Waals surface area contributed by atoms with Crippen LogP contribution in [0.4, 0.5) is 0 Å². The van der Waals surface area contributed by atoms with E-state index in [0.717, 1.165) is 18.7 Å². The van der Waals surface area contributed by atoms with Crippen molar-refractivity contribution < 1.29 is 0 Å². The van der Waals surface area contributed by atoms with Crippen molar-refractivity contribution in [1.29, 1.82) is 0 Å². The van der Waals surface area contributed by atoms with Crippen LogP contribution in [0.15, 0.2) is 18.2 Å². The Balaban J connectivity index is 2.35. The highest BCUT2D eigenvalue weighted by molar-refractivity contribution is 6.42. The van der Waals surface area contributed by atoms with Gasteiger partial charge in [-0.3, -0.25) is 16.2 Å². The van der Waals surface area contributed by atoms with Crippen molar-refractivity contribution >= 4 is 23.2 Å². The van der Waals surface area contributed by atoms with E-state index in [9.17, 15) is 0 Å². The Morgan fingerprint density at radius 3 is 2.47 bits per heavy atom. The molecule has 0 spiro atoms. The molecular formula is C14H21Cl2N3. The summed E-state index contributed by atoms with van der Waals surface area (Å²) >= 11 is 12.4. The van der Waals surface area contributed by atoms with E-state index in [1.165, 1.54) is 12.8 Å². The molecule has 0 aliphatic carbocycles. The van der Waals surface area contributed by atoms with Crippen molar-refractivity contribution in [1.82, 2.24) is 10.3 Å². The normalized spacial score (nSPS) is 18.8. The van der Waals surface area contributed by atoms with Crippen LogP contribution in [0.3, 0.4) is 0 Å². The Bertz CT molecular complexity index is 442. The van der Waals surface area contributed by atoms with Gasteiger partial charge in [-0.2, -0.15) is 0 Å². The van der Waals surface area contributed by atoms with Crippen LogP contribution in [-0.4, -0.2) is 23.5 Å². The number of halogens is 2. The van der Waals surface area contributed by atoms with E-state index in [-0.39, 0.29) is 11.6 Å². The molecule has 3 nitrogen and oxygen atoms in total. The van der Waals surface area contributed by atoms with Gasteiger partial charge in [0.15, 0.2) is 0 Å². The molecular weight excluding hydrogens is 281 g/mol. The molecule has 1 aromatic rings. The number of nitrogens with two attached hydrogens (primary N) is 1. The Labute approximate surface area is 125 Å². The summed E-state index contributed by atoms with van der Waals surface area (Å²) < 4.78 is 0. The topological polar surface area (TPSA) is 41.3 Å². The second-order valence-electron chi connectivity index (χ2n) is 5.59. The van der Waals surface area contributed by atoms with Crippen LogP contribution in [0.5, 0.6) is 0 Å². The third-order valence-corrected chi connectivity index (χ3v) is 4.92. The van der Waals surface area contributed by atoms with Gasteiger partial charge in [0.05, 0.1) is 16.1 Å². The lowest BCUT2D eigenvalue weighted by Crippen LogP contribution is -2.53. The molecule has 1 heterocycles. The third-order valence-electron chi connectivity index (χ3n) is 4.09. The number of nitrogens with zero attached hydrogens (tertiary/aromatic N) is 1. The first-order chi connectivity index (χ1) is 8.98. The minimum atomic E-state index is -0.112. The predicted octanol–water partition coefficient (Wildman–Crippen LogP) is 3.37. The van der Waals surface area contributed by atoms with Crippen LogP contribution >= 0.6 is 23.2 Å². The molecule has 0 saturated carbocycles. The highest BCUT2D eigenvalue weighted by Gasteiger charge is 2.38. The summed E-state index contributed by atoms with van der Waals surface area (Å²) in [6, 6.07) is 5.63. The largest absolute Gasteiger partial charge is 0.296 e. The second kappa shape index (κ2) is 5.98. The molecule has 0 aromatic heterocycles.